The highest BCUT2D eigenvalue weighted by Crippen LogP contribution is 2.40. The summed E-state index contributed by atoms with van der Waals surface area (Å²) in [7, 11) is 3.67. The number of nitrogens with one attached hydrogen (secondary N) is 1. The lowest BCUT2D eigenvalue weighted by Crippen LogP contribution is -2.30. The molecule has 0 saturated heterocycles. The van der Waals surface area contributed by atoms with Gasteiger partial charge in [-0.25, -0.2) is 4.98 Å². The van der Waals surface area contributed by atoms with Gasteiger partial charge in [0.2, 0.25) is 5.88 Å². The fraction of sp³-hybridized carbons (Fsp3) is 0.750. The zero-order valence-electron chi connectivity index (χ0n) is 13.1. The topological polar surface area (TPSA) is 47.0 Å². The van der Waals surface area contributed by atoms with E-state index < -0.39 is 0 Å². The van der Waals surface area contributed by atoms with E-state index in [1.54, 1.807) is 19.5 Å². The lowest BCUT2D eigenvalue weighted by Gasteiger charge is -2.35. The lowest BCUT2D eigenvalue weighted by atomic mass is 9.74. The third-order valence-electron chi connectivity index (χ3n) is 4.72. The van der Waals surface area contributed by atoms with Gasteiger partial charge in [-0.1, -0.05) is 13.8 Å². The van der Waals surface area contributed by atoms with Crippen molar-refractivity contribution in [2.24, 2.45) is 17.8 Å². The van der Waals surface area contributed by atoms with Crippen molar-refractivity contribution in [3.05, 3.63) is 18.1 Å². The Balaban J connectivity index is 2.09. The van der Waals surface area contributed by atoms with Gasteiger partial charge in [-0.15, -0.1) is 0 Å². The maximum Gasteiger partial charge on any atom is 0.237 e. The molecule has 2 rings (SSSR count). The second kappa shape index (κ2) is 7.02. The van der Waals surface area contributed by atoms with Gasteiger partial charge in [0.1, 0.15) is 5.69 Å². The number of hydrogen-bond acceptors (Lipinski definition) is 4. The van der Waals surface area contributed by atoms with E-state index in [4.69, 9.17) is 4.74 Å². The Morgan fingerprint density at radius 1 is 1.10 bits per heavy atom. The zero-order valence-corrected chi connectivity index (χ0v) is 13.1. The molecule has 0 radical (unpaired) electrons. The fourth-order valence-electron chi connectivity index (χ4n) is 3.45. The third-order valence-corrected chi connectivity index (χ3v) is 4.72. The van der Waals surface area contributed by atoms with Crippen LogP contribution in [0.5, 0.6) is 5.88 Å². The van der Waals surface area contributed by atoms with Crippen molar-refractivity contribution in [3.63, 3.8) is 0 Å². The molecular formula is C16H27N3O. The highest BCUT2D eigenvalue weighted by atomic mass is 16.5. The Hall–Kier alpha value is -1.16. The average Bonchev–Trinajstić information content (AvgIpc) is 2.49. The Morgan fingerprint density at radius 3 is 2.25 bits per heavy atom. The van der Waals surface area contributed by atoms with Crippen molar-refractivity contribution in [1.29, 1.82) is 0 Å². The summed E-state index contributed by atoms with van der Waals surface area (Å²) in [6, 6.07) is 0.242. The van der Waals surface area contributed by atoms with Crippen LogP contribution in [0.4, 0.5) is 0 Å². The highest BCUT2D eigenvalue weighted by molar-refractivity contribution is 5.22. The van der Waals surface area contributed by atoms with E-state index >= 15 is 0 Å². The molecule has 1 fully saturated rings. The molecule has 1 saturated carbocycles. The number of aromatic nitrogens is 2. The van der Waals surface area contributed by atoms with Gasteiger partial charge < -0.3 is 10.1 Å². The fourth-order valence-corrected chi connectivity index (χ4v) is 3.45. The average molecular weight is 277 g/mol. The molecule has 4 nitrogen and oxygen atoms in total. The summed E-state index contributed by atoms with van der Waals surface area (Å²) >= 11 is 0. The maximum atomic E-state index is 5.36. The largest absolute Gasteiger partial charge is 0.480 e. The van der Waals surface area contributed by atoms with Crippen LogP contribution in [0.2, 0.25) is 0 Å². The zero-order chi connectivity index (χ0) is 14.5. The molecule has 0 bridgehead atoms. The Labute approximate surface area is 122 Å². The summed E-state index contributed by atoms with van der Waals surface area (Å²) in [6.07, 6.45) is 8.60. The lowest BCUT2D eigenvalue weighted by molar-refractivity contribution is 0.188. The van der Waals surface area contributed by atoms with Crippen molar-refractivity contribution in [2.45, 2.75) is 45.6 Å². The summed E-state index contributed by atoms with van der Waals surface area (Å²) in [4.78, 5) is 8.78. The van der Waals surface area contributed by atoms with Gasteiger partial charge in [-0.05, 0) is 50.5 Å². The van der Waals surface area contributed by atoms with Gasteiger partial charge in [-0.2, -0.15) is 0 Å². The first-order chi connectivity index (χ1) is 9.67. The van der Waals surface area contributed by atoms with Crippen molar-refractivity contribution in [1.82, 2.24) is 15.3 Å². The molecule has 1 aliphatic rings. The van der Waals surface area contributed by atoms with E-state index in [9.17, 15) is 0 Å². The molecule has 4 heteroatoms. The van der Waals surface area contributed by atoms with E-state index in [0.717, 1.165) is 17.5 Å². The van der Waals surface area contributed by atoms with Crippen LogP contribution in [0.25, 0.3) is 0 Å². The first-order valence-electron chi connectivity index (χ1n) is 7.69. The quantitative estimate of drug-likeness (QED) is 0.897. The van der Waals surface area contributed by atoms with E-state index in [1.807, 2.05) is 7.05 Å². The molecule has 112 valence electrons. The van der Waals surface area contributed by atoms with Crippen LogP contribution in [-0.4, -0.2) is 24.1 Å². The minimum Gasteiger partial charge on any atom is -0.480 e. The summed E-state index contributed by atoms with van der Waals surface area (Å²) in [5.74, 6) is 2.96. The van der Waals surface area contributed by atoms with E-state index in [-0.39, 0.29) is 6.04 Å². The summed E-state index contributed by atoms with van der Waals surface area (Å²) in [5, 5.41) is 3.42. The van der Waals surface area contributed by atoms with Crippen LogP contribution in [0.3, 0.4) is 0 Å². The van der Waals surface area contributed by atoms with Crippen LogP contribution in [0.15, 0.2) is 12.4 Å². The van der Waals surface area contributed by atoms with Gasteiger partial charge in [0, 0.05) is 12.4 Å². The molecule has 0 amide bonds. The first kappa shape index (κ1) is 15.2. The van der Waals surface area contributed by atoms with E-state index in [1.165, 1.54) is 25.7 Å². The SMILES string of the molecule is CNC(c1nccnc1OC)C1CCC(C(C)C)CC1. The van der Waals surface area contributed by atoms with Gasteiger partial charge >= 0.3 is 0 Å². The number of ether oxygens (including phenoxy) is 1. The minimum atomic E-state index is 0.242. The van der Waals surface area contributed by atoms with Crippen molar-refractivity contribution in [3.8, 4) is 5.88 Å². The normalized spacial score (nSPS) is 24.6. The van der Waals surface area contributed by atoms with E-state index in [2.05, 4.69) is 29.1 Å². The van der Waals surface area contributed by atoms with Gasteiger partial charge in [0.15, 0.2) is 0 Å². The second-order valence-corrected chi connectivity index (χ2v) is 6.14. The van der Waals surface area contributed by atoms with Crippen LogP contribution >= 0.6 is 0 Å². The van der Waals surface area contributed by atoms with Crippen LogP contribution in [0.1, 0.15) is 51.3 Å². The molecule has 1 N–H and O–H groups in total. The first-order valence-corrected chi connectivity index (χ1v) is 7.69. The van der Waals surface area contributed by atoms with Crippen LogP contribution in [0, 0.1) is 17.8 Å². The standard InChI is InChI=1S/C16H27N3O/c1-11(2)12-5-7-13(8-6-12)14(17-3)15-16(20-4)19-10-9-18-15/h9-14,17H,5-8H2,1-4H3. The predicted octanol–water partition coefficient (Wildman–Crippen LogP) is 3.21. The monoisotopic (exact) mass is 277 g/mol. The van der Waals surface area contributed by atoms with Crippen molar-refractivity contribution >= 4 is 0 Å². The van der Waals surface area contributed by atoms with Crippen LogP contribution < -0.4 is 10.1 Å². The van der Waals surface area contributed by atoms with Crippen molar-refractivity contribution in [2.75, 3.05) is 14.2 Å². The summed E-state index contributed by atoms with van der Waals surface area (Å²) in [6.45, 7) is 4.68. The van der Waals surface area contributed by atoms with Gasteiger partial charge in [0.05, 0.1) is 13.2 Å². The van der Waals surface area contributed by atoms with E-state index in [0.29, 0.717) is 11.8 Å². The Bertz CT molecular complexity index is 414. The molecule has 0 spiro atoms. The molecule has 1 aromatic rings. The molecule has 1 aromatic heterocycles. The Kier molecular flexibility index (Phi) is 5.35. The molecule has 20 heavy (non-hydrogen) atoms. The number of hydrogen-bond donors (Lipinski definition) is 1. The molecule has 1 unspecified atom stereocenters. The summed E-state index contributed by atoms with van der Waals surface area (Å²) in [5.41, 5.74) is 0.950. The van der Waals surface area contributed by atoms with Crippen molar-refractivity contribution < 1.29 is 4.74 Å². The Morgan fingerprint density at radius 2 is 1.70 bits per heavy atom. The smallest absolute Gasteiger partial charge is 0.237 e. The molecule has 0 aromatic carbocycles. The second-order valence-electron chi connectivity index (χ2n) is 6.14. The molecule has 0 aliphatic heterocycles. The predicted molar refractivity (Wildman–Crippen MR) is 80.7 cm³/mol. The molecule has 1 atom stereocenters. The minimum absolute atomic E-state index is 0.242. The molecular weight excluding hydrogens is 250 g/mol. The molecule has 1 heterocycles. The van der Waals surface area contributed by atoms with Gasteiger partial charge in [-0.3, -0.25) is 4.98 Å². The van der Waals surface area contributed by atoms with Gasteiger partial charge in [0.25, 0.3) is 0 Å². The van der Waals surface area contributed by atoms with Crippen LogP contribution in [-0.2, 0) is 0 Å². The number of methoxy groups -OCH3 is 1. The third kappa shape index (κ3) is 3.29. The highest BCUT2D eigenvalue weighted by Gasteiger charge is 2.31. The summed E-state index contributed by atoms with van der Waals surface area (Å²) < 4.78 is 5.36. The maximum absolute atomic E-state index is 5.36. The number of rotatable bonds is 5. The molecule has 1 aliphatic carbocycles. The number of nitrogens with zero attached hydrogens (tertiary/aromatic N) is 2.